The minimum Gasteiger partial charge on any atom is -0.376 e. The summed E-state index contributed by atoms with van der Waals surface area (Å²) in [5.74, 6) is 0.474. The maximum absolute atomic E-state index is 13.1. The molecule has 0 radical (unpaired) electrons. The van der Waals surface area contributed by atoms with E-state index in [1.165, 1.54) is 17.0 Å². The molecule has 6 nitrogen and oxygen atoms in total. The Morgan fingerprint density at radius 1 is 1.33 bits per heavy atom. The molecule has 2 atom stereocenters. The van der Waals surface area contributed by atoms with Gasteiger partial charge in [0.2, 0.25) is 5.91 Å². The molecule has 166 valence electrons. The second kappa shape index (κ2) is 9.68. The molecule has 1 aromatic rings. The number of carbonyl (C=O) groups excluding carboxylic acids is 1. The number of ether oxygens (including phenoxy) is 1. The van der Waals surface area contributed by atoms with E-state index in [2.05, 4.69) is 10.3 Å². The molecule has 2 fully saturated rings. The van der Waals surface area contributed by atoms with Crippen molar-refractivity contribution in [1.82, 2.24) is 15.1 Å². The summed E-state index contributed by atoms with van der Waals surface area (Å²) in [4.78, 5) is 20.0. The number of hydrogen-bond donors (Lipinski definition) is 1. The number of nitrogens with one attached hydrogen (secondary N) is 1. The Balaban J connectivity index is 1.69. The zero-order valence-corrected chi connectivity index (χ0v) is 17.4. The number of aliphatic imine (C=N–C) groups is 1. The Morgan fingerprint density at radius 2 is 2.13 bits per heavy atom. The zero-order valence-electron chi connectivity index (χ0n) is 17.4. The highest BCUT2D eigenvalue weighted by molar-refractivity contribution is 5.85. The van der Waals surface area contributed by atoms with Crippen LogP contribution in [0.4, 0.5) is 13.2 Å². The third-order valence-electron chi connectivity index (χ3n) is 5.55. The smallest absolute Gasteiger partial charge is 0.376 e. The normalized spacial score (nSPS) is 22.4. The van der Waals surface area contributed by atoms with Crippen molar-refractivity contribution < 1.29 is 22.7 Å². The summed E-state index contributed by atoms with van der Waals surface area (Å²) in [6.45, 7) is 2.58. The molecule has 0 aromatic heterocycles. The average molecular weight is 426 g/mol. The van der Waals surface area contributed by atoms with Crippen molar-refractivity contribution in [2.75, 3.05) is 46.9 Å². The lowest BCUT2D eigenvalue weighted by atomic mass is 9.96. The van der Waals surface area contributed by atoms with Crippen LogP contribution in [0.25, 0.3) is 0 Å². The summed E-state index contributed by atoms with van der Waals surface area (Å²) < 4.78 is 44.8. The molecule has 2 aliphatic heterocycles. The van der Waals surface area contributed by atoms with Gasteiger partial charge in [-0.25, -0.2) is 4.99 Å². The summed E-state index contributed by atoms with van der Waals surface area (Å²) in [6.07, 6.45) is -1.51. The Kier molecular flexibility index (Phi) is 7.23. The molecule has 2 heterocycles. The van der Waals surface area contributed by atoms with Gasteiger partial charge in [0.25, 0.3) is 0 Å². The molecule has 1 N–H and O–H groups in total. The van der Waals surface area contributed by atoms with E-state index >= 15 is 0 Å². The van der Waals surface area contributed by atoms with Gasteiger partial charge in [0.05, 0.1) is 11.7 Å². The van der Waals surface area contributed by atoms with Crippen LogP contribution >= 0.6 is 0 Å². The van der Waals surface area contributed by atoms with E-state index in [0.29, 0.717) is 31.2 Å². The third-order valence-corrected chi connectivity index (χ3v) is 5.55. The van der Waals surface area contributed by atoms with Gasteiger partial charge in [0.15, 0.2) is 5.96 Å². The van der Waals surface area contributed by atoms with E-state index in [1.54, 1.807) is 20.2 Å². The number of benzene rings is 1. The summed E-state index contributed by atoms with van der Waals surface area (Å²) in [5.41, 5.74) is 0.0515. The van der Waals surface area contributed by atoms with E-state index in [4.69, 9.17) is 4.74 Å². The number of carbonyl (C=O) groups is 1. The van der Waals surface area contributed by atoms with Crippen molar-refractivity contribution in [1.29, 1.82) is 0 Å². The van der Waals surface area contributed by atoms with Crippen LogP contribution in [-0.4, -0.2) is 74.7 Å². The fraction of sp³-hybridized carbons (Fsp3) is 0.619. The minimum atomic E-state index is -4.35. The molecule has 3 rings (SSSR count). The van der Waals surface area contributed by atoms with E-state index in [1.807, 2.05) is 4.90 Å². The number of likely N-dealkylation sites (tertiary alicyclic amines) is 1. The number of rotatable bonds is 5. The van der Waals surface area contributed by atoms with E-state index in [-0.39, 0.29) is 24.5 Å². The third kappa shape index (κ3) is 5.87. The number of guanidine groups is 1. The number of hydrogen-bond acceptors (Lipinski definition) is 3. The van der Waals surface area contributed by atoms with Gasteiger partial charge in [-0.15, -0.1) is 0 Å². The predicted molar refractivity (Wildman–Crippen MR) is 108 cm³/mol. The van der Waals surface area contributed by atoms with Gasteiger partial charge in [-0.05, 0) is 30.9 Å². The lowest BCUT2D eigenvalue weighted by Crippen LogP contribution is -2.43. The molecule has 2 saturated heterocycles. The van der Waals surface area contributed by atoms with E-state index < -0.39 is 11.7 Å². The van der Waals surface area contributed by atoms with Crippen LogP contribution in [0.5, 0.6) is 0 Å². The molecule has 1 aromatic carbocycles. The second-order valence-corrected chi connectivity index (χ2v) is 8.00. The van der Waals surface area contributed by atoms with Crippen LogP contribution in [-0.2, 0) is 15.7 Å². The highest BCUT2D eigenvalue weighted by Crippen LogP contribution is 2.33. The minimum absolute atomic E-state index is 0.0194. The molecule has 9 heteroatoms. The molecule has 0 aliphatic carbocycles. The zero-order chi connectivity index (χ0) is 21.7. The molecular weight excluding hydrogens is 397 g/mol. The Bertz CT molecular complexity index is 761. The van der Waals surface area contributed by atoms with Gasteiger partial charge in [-0.2, -0.15) is 13.2 Å². The van der Waals surface area contributed by atoms with Gasteiger partial charge in [-0.3, -0.25) is 4.79 Å². The van der Waals surface area contributed by atoms with Gasteiger partial charge < -0.3 is 19.9 Å². The van der Waals surface area contributed by atoms with E-state index in [9.17, 15) is 18.0 Å². The van der Waals surface area contributed by atoms with Crippen molar-refractivity contribution in [3.05, 3.63) is 35.4 Å². The first-order chi connectivity index (χ1) is 14.2. The number of likely N-dealkylation sites (N-methyl/N-ethyl adjacent to an activating group) is 1. The van der Waals surface area contributed by atoms with Crippen molar-refractivity contribution >= 4 is 11.9 Å². The first kappa shape index (κ1) is 22.4. The molecule has 2 aliphatic rings. The van der Waals surface area contributed by atoms with E-state index in [0.717, 1.165) is 31.9 Å². The highest BCUT2D eigenvalue weighted by Gasteiger charge is 2.32. The summed E-state index contributed by atoms with van der Waals surface area (Å²) in [7, 11) is 3.35. The monoisotopic (exact) mass is 426 g/mol. The highest BCUT2D eigenvalue weighted by atomic mass is 19.4. The fourth-order valence-electron chi connectivity index (χ4n) is 3.76. The van der Waals surface area contributed by atoms with Crippen molar-refractivity contribution in [2.45, 2.75) is 37.5 Å². The van der Waals surface area contributed by atoms with Crippen molar-refractivity contribution in [3.63, 3.8) is 0 Å². The van der Waals surface area contributed by atoms with Gasteiger partial charge >= 0.3 is 6.18 Å². The van der Waals surface area contributed by atoms with Crippen LogP contribution < -0.4 is 5.32 Å². The first-order valence-corrected chi connectivity index (χ1v) is 10.3. The predicted octanol–water partition coefficient (Wildman–Crippen LogP) is 2.71. The number of halogens is 3. The maximum Gasteiger partial charge on any atom is 0.416 e. The average Bonchev–Trinajstić information content (AvgIpc) is 3.39. The SMILES string of the molecule is CN(C)C(=O)CN=C(NCC1CCCO1)N1CCC(c2cccc(C(F)(F)F)c2)C1. The van der Waals surface area contributed by atoms with Gasteiger partial charge in [-0.1, -0.05) is 18.2 Å². The lowest BCUT2D eigenvalue weighted by molar-refractivity contribution is -0.137. The standard InChI is InChI=1S/C21H29F3N4O2/c1-27(2)19(29)13-26-20(25-12-18-7-4-10-30-18)28-9-8-16(14-28)15-5-3-6-17(11-15)21(22,23)24/h3,5-6,11,16,18H,4,7-10,12-14H2,1-2H3,(H,25,26). The number of nitrogens with zero attached hydrogens (tertiary/aromatic N) is 3. The molecule has 0 spiro atoms. The molecule has 0 saturated carbocycles. The molecule has 1 amide bonds. The Labute approximate surface area is 175 Å². The summed E-state index contributed by atoms with van der Waals surface area (Å²) in [6, 6.07) is 5.54. The largest absolute Gasteiger partial charge is 0.416 e. The number of alkyl halides is 3. The molecule has 2 unspecified atom stereocenters. The van der Waals surface area contributed by atoms with Crippen LogP contribution in [0, 0.1) is 0 Å². The number of amides is 1. The summed E-state index contributed by atoms with van der Waals surface area (Å²) >= 11 is 0. The Hall–Kier alpha value is -2.29. The first-order valence-electron chi connectivity index (χ1n) is 10.3. The van der Waals surface area contributed by atoms with Crippen LogP contribution in [0.1, 0.15) is 36.3 Å². The molecular formula is C21H29F3N4O2. The Morgan fingerprint density at radius 3 is 2.80 bits per heavy atom. The van der Waals surface area contributed by atoms with Crippen molar-refractivity contribution in [2.24, 2.45) is 4.99 Å². The van der Waals surface area contributed by atoms with Gasteiger partial charge in [0.1, 0.15) is 6.54 Å². The van der Waals surface area contributed by atoms with Crippen molar-refractivity contribution in [3.8, 4) is 0 Å². The molecule has 30 heavy (non-hydrogen) atoms. The maximum atomic E-state index is 13.1. The van der Waals surface area contributed by atoms with Crippen LogP contribution in [0.15, 0.2) is 29.3 Å². The van der Waals surface area contributed by atoms with Gasteiger partial charge in [0, 0.05) is 46.3 Å². The second-order valence-electron chi connectivity index (χ2n) is 8.00. The molecule has 0 bridgehead atoms. The lowest BCUT2D eigenvalue weighted by Gasteiger charge is -2.24. The quantitative estimate of drug-likeness (QED) is 0.581. The summed E-state index contributed by atoms with van der Waals surface area (Å²) in [5, 5.41) is 3.31. The van der Waals surface area contributed by atoms with Crippen LogP contribution in [0.3, 0.4) is 0 Å². The van der Waals surface area contributed by atoms with Crippen LogP contribution in [0.2, 0.25) is 0 Å². The topological polar surface area (TPSA) is 57.2 Å². The fourth-order valence-corrected chi connectivity index (χ4v) is 3.76.